The van der Waals surface area contributed by atoms with Crippen molar-refractivity contribution in [3.05, 3.63) is 63.1 Å². The van der Waals surface area contributed by atoms with Gasteiger partial charge in [-0.2, -0.15) is 0 Å². The lowest BCUT2D eigenvalue weighted by Crippen LogP contribution is -2.44. The summed E-state index contributed by atoms with van der Waals surface area (Å²) in [7, 11) is 0. The molecule has 2 N–H and O–H groups in total. The molecule has 0 aliphatic rings. The molecule has 2 aromatic heterocycles. The quantitative estimate of drug-likeness (QED) is 0.698. The van der Waals surface area contributed by atoms with Crippen LogP contribution in [-0.4, -0.2) is 22.8 Å². The zero-order valence-electron chi connectivity index (χ0n) is 13.6. The molecule has 128 valence electrons. The lowest BCUT2D eigenvalue weighted by atomic mass is 10.2. The Morgan fingerprint density at radius 1 is 1.12 bits per heavy atom. The Hall–Kier alpha value is -2.51. The molecule has 2 amide bonds. The van der Waals surface area contributed by atoms with Crippen molar-refractivity contribution in [3.63, 3.8) is 0 Å². The number of amides is 2. The summed E-state index contributed by atoms with van der Waals surface area (Å²) in [5.41, 5.74) is 1.95. The summed E-state index contributed by atoms with van der Waals surface area (Å²) in [5, 5.41) is 10.1. The van der Waals surface area contributed by atoms with Crippen LogP contribution in [-0.2, 0) is 11.3 Å². The number of nitrogens with zero attached hydrogens (tertiary/aromatic N) is 1. The topological polar surface area (TPSA) is 71.1 Å². The van der Waals surface area contributed by atoms with Crippen LogP contribution in [0.5, 0.6) is 0 Å². The van der Waals surface area contributed by atoms with Crippen LogP contribution in [0.15, 0.2) is 53.2 Å². The summed E-state index contributed by atoms with van der Waals surface area (Å²) in [6, 6.07) is 12.8. The Morgan fingerprint density at radius 3 is 2.64 bits per heavy atom. The molecular formula is C18H17N3O2S2. The molecule has 1 unspecified atom stereocenters. The molecule has 5 nitrogen and oxygen atoms in total. The van der Waals surface area contributed by atoms with Gasteiger partial charge in [-0.1, -0.05) is 36.4 Å². The SMILES string of the molecule is CC(NC(=O)c1cccs1)C(=O)NCc1nc(-c2ccccc2)cs1. The third-order valence-corrected chi connectivity index (χ3v) is 5.24. The molecule has 0 aliphatic carbocycles. The Morgan fingerprint density at radius 2 is 1.92 bits per heavy atom. The van der Waals surface area contributed by atoms with Gasteiger partial charge < -0.3 is 10.6 Å². The van der Waals surface area contributed by atoms with E-state index >= 15 is 0 Å². The normalized spacial score (nSPS) is 11.7. The second-order valence-corrected chi connectivity index (χ2v) is 7.27. The summed E-state index contributed by atoms with van der Waals surface area (Å²) in [5.74, 6) is -0.473. The zero-order chi connectivity index (χ0) is 17.6. The molecule has 0 fully saturated rings. The number of carbonyl (C=O) groups is 2. The van der Waals surface area contributed by atoms with Gasteiger partial charge in [0.15, 0.2) is 0 Å². The number of carbonyl (C=O) groups excluding carboxylic acids is 2. The Balaban J connectivity index is 1.52. The van der Waals surface area contributed by atoms with Crippen LogP contribution >= 0.6 is 22.7 Å². The lowest BCUT2D eigenvalue weighted by molar-refractivity contribution is -0.122. The first-order chi connectivity index (χ1) is 12.1. The summed E-state index contributed by atoms with van der Waals surface area (Å²) < 4.78 is 0. The number of nitrogens with one attached hydrogen (secondary N) is 2. The Labute approximate surface area is 153 Å². The molecule has 3 rings (SSSR count). The number of thiazole rings is 1. The number of hydrogen-bond donors (Lipinski definition) is 2. The number of aromatic nitrogens is 1. The van der Waals surface area contributed by atoms with Crippen molar-refractivity contribution in [3.8, 4) is 11.3 Å². The summed E-state index contributed by atoms with van der Waals surface area (Å²) >= 11 is 2.84. The largest absolute Gasteiger partial charge is 0.348 e. The van der Waals surface area contributed by atoms with E-state index in [1.165, 1.54) is 22.7 Å². The monoisotopic (exact) mass is 371 g/mol. The van der Waals surface area contributed by atoms with E-state index in [4.69, 9.17) is 0 Å². The molecule has 1 aromatic carbocycles. The molecule has 25 heavy (non-hydrogen) atoms. The van der Waals surface area contributed by atoms with Gasteiger partial charge >= 0.3 is 0 Å². The van der Waals surface area contributed by atoms with Crippen LogP contribution in [0.1, 0.15) is 21.6 Å². The van der Waals surface area contributed by atoms with E-state index in [2.05, 4.69) is 15.6 Å². The molecule has 0 bridgehead atoms. The maximum atomic E-state index is 12.2. The lowest BCUT2D eigenvalue weighted by Gasteiger charge is -2.12. The Kier molecular flexibility index (Phi) is 5.57. The van der Waals surface area contributed by atoms with Crippen molar-refractivity contribution < 1.29 is 9.59 Å². The molecule has 0 spiro atoms. The van der Waals surface area contributed by atoms with Gasteiger partial charge in [0.1, 0.15) is 11.0 Å². The molecule has 0 saturated heterocycles. The maximum Gasteiger partial charge on any atom is 0.261 e. The molecule has 2 heterocycles. The number of benzene rings is 1. The van der Waals surface area contributed by atoms with Gasteiger partial charge in [0.05, 0.1) is 17.1 Å². The van der Waals surface area contributed by atoms with Gasteiger partial charge in [-0.05, 0) is 18.4 Å². The average molecular weight is 371 g/mol. The smallest absolute Gasteiger partial charge is 0.261 e. The minimum absolute atomic E-state index is 0.235. The van der Waals surface area contributed by atoms with Gasteiger partial charge in [-0.3, -0.25) is 9.59 Å². The van der Waals surface area contributed by atoms with Gasteiger partial charge in [-0.15, -0.1) is 22.7 Å². The molecular weight excluding hydrogens is 354 g/mol. The highest BCUT2D eigenvalue weighted by Gasteiger charge is 2.17. The Bertz CT molecular complexity index is 844. The highest BCUT2D eigenvalue weighted by atomic mass is 32.1. The number of rotatable bonds is 6. The molecule has 1 atom stereocenters. The standard InChI is InChI=1S/C18H17N3O2S2/c1-12(20-18(23)15-8-5-9-24-15)17(22)19-10-16-21-14(11-25-16)13-6-3-2-4-7-13/h2-9,11-12H,10H2,1H3,(H,19,22)(H,20,23). The van der Waals surface area contributed by atoms with E-state index in [0.29, 0.717) is 11.4 Å². The van der Waals surface area contributed by atoms with Crippen molar-refractivity contribution in [1.29, 1.82) is 0 Å². The predicted octanol–water partition coefficient (Wildman–Crippen LogP) is 3.31. The average Bonchev–Trinajstić information content (AvgIpc) is 3.32. The minimum Gasteiger partial charge on any atom is -0.348 e. The highest BCUT2D eigenvalue weighted by Crippen LogP contribution is 2.21. The highest BCUT2D eigenvalue weighted by molar-refractivity contribution is 7.12. The van der Waals surface area contributed by atoms with Crippen molar-refractivity contribution in [2.24, 2.45) is 0 Å². The first kappa shape index (κ1) is 17.3. The summed E-state index contributed by atoms with van der Waals surface area (Å²) in [4.78, 5) is 29.2. The van der Waals surface area contributed by atoms with Gasteiger partial charge in [0.25, 0.3) is 5.91 Å². The molecule has 0 radical (unpaired) electrons. The third-order valence-electron chi connectivity index (χ3n) is 3.52. The first-order valence-electron chi connectivity index (χ1n) is 7.75. The molecule has 3 aromatic rings. The number of thiophene rings is 1. The predicted molar refractivity (Wildman–Crippen MR) is 101 cm³/mol. The minimum atomic E-state index is -0.608. The fourth-order valence-corrected chi connectivity index (χ4v) is 3.56. The maximum absolute atomic E-state index is 12.2. The van der Waals surface area contributed by atoms with E-state index in [-0.39, 0.29) is 11.8 Å². The van der Waals surface area contributed by atoms with Crippen LogP contribution < -0.4 is 10.6 Å². The molecule has 0 aliphatic heterocycles. The van der Waals surface area contributed by atoms with Gasteiger partial charge in [0, 0.05) is 10.9 Å². The van der Waals surface area contributed by atoms with Crippen molar-refractivity contribution in [2.75, 3.05) is 0 Å². The van der Waals surface area contributed by atoms with Crippen LogP contribution in [0.2, 0.25) is 0 Å². The molecule has 0 saturated carbocycles. The fourth-order valence-electron chi connectivity index (χ4n) is 2.19. The van der Waals surface area contributed by atoms with E-state index in [0.717, 1.165) is 16.3 Å². The van der Waals surface area contributed by atoms with E-state index in [1.807, 2.05) is 41.1 Å². The van der Waals surface area contributed by atoms with E-state index in [1.54, 1.807) is 19.1 Å². The third kappa shape index (κ3) is 4.52. The van der Waals surface area contributed by atoms with Gasteiger partial charge in [0.2, 0.25) is 5.91 Å². The van der Waals surface area contributed by atoms with Crippen LogP contribution in [0, 0.1) is 0 Å². The first-order valence-corrected chi connectivity index (χ1v) is 9.51. The fraction of sp³-hybridized carbons (Fsp3) is 0.167. The van der Waals surface area contributed by atoms with Crippen LogP contribution in [0.25, 0.3) is 11.3 Å². The second kappa shape index (κ2) is 8.04. The van der Waals surface area contributed by atoms with Crippen molar-refractivity contribution in [2.45, 2.75) is 19.5 Å². The van der Waals surface area contributed by atoms with E-state index in [9.17, 15) is 9.59 Å². The number of hydrogen-bond acceptors (Lipinski definition) is 5. The zero-order valence-corrected chi connectivity index (χ0v) is 15.2. The van der Waals surface area contributed by atoms with Gasteiger partial charge in [-0.25, -0.2) is 4.98 Å². The van der Waals surface area contributed by atoms with Crippen LogP contribution in [0.3, 0.4) is 0 Å². The summed E-state index contributed by atoms with van der Waals surface area (Å²) in [6.07, 6.45) is 0. The van der Waals surface area contributed by atoms with Crippen molar-refractivity contribution in [1.82, 2.24) is 15.6 Å². The second-order valence-electron chi connectivity index (χ2n) is 5.38. The van der Waals surface area contributed by atoms with Crippen molar-refractivity contribution >= 4 is 34.5 Å². The van der Waals surface area contributed by atoms with Crippen LogP contribution in [0.4, 0.5) is 0 Å². The molecule has 7 heteroatoms. The van der Waals surface area contributed by atoms with E-state index < -0.39 is 6.04 Å². The summed E-state index contributed by atoms with van der Waals surface area (Å²) in [6.45, 7) is 2.01.